The summed E-state index contributed by atoms with van der Waals surface area (Å²) in [5.74, 6) is -1.56. The zero-order chi connectivity index (χ0) is 32.3. The molecule has 45 heavy (non-hydrogen) atoms. The number of phenols is 5. The van der Waals surface area contributed by atoms with Crippen molar-refractivity contribution < 1.29 is 39.9 Å². The molecule has 4 aromatic rings. The third kappa shape index (κ3) is 9.04. The molecule has 0 spiro atoms. The average molecular weight is 611 g/mol. The third-order valence-corrected chi connectivity index (χ3v) is 6.88. The van der Waals surface area contributed by atoms with Crippen LogP contribution >= 0.6 is 0 Å². The lowest BCUT2D eigenvalue weighted by molar-refractivity contribution is -0.120. The van der Waals surface area contributed by atoms with Gasteiger partial charge >= 0.3 is 0 Å². The lowest BCUT2D eigenvalue weighted by atomic mass is 9.97. The zero-order valence-electron chi connectivity index (χ0n) is 24.5. The fourth-order valence-corrected chi connectivity index (χ4v) is 4.44. The van der Waals surface area contributed by atoms with Crippen LogP contribution in [-0.2, 0) is 22.4 Å². The van der Waals surface area contributed by atoms with Gasteiger partial charge in [0.05, 0.1) is 18.3 Å². The van der Waals surface area contributed by atoms with Crippen LogP contribution in [0.25, 0.3) is 12.2 Å². The lowest BCUT2D eigenvalue weighted by Gasteiger charge is -2.15. The van der Waals surface area contributed by atoms with E-state index >= 15 is 0 Å². The molecule has 0 heterocycles. The standard InChI is InChI=1S/C35H34N2O8/c1-45-33-21-25(7-13-31(33)41)19-29(35(44)37-17-15-23-4-10-27(39)11-5-23)28(18-24-6-12-30(40)32(42)20-24)34(43)36-16-14-22-2-8-26(38)9-3-22/h2-13,18-21,38-42H,14-17H2,1H3,(H,36,43)(H,37,44)/b28-18-,29-19-. The molecule has 0 atom stereocenters. The monoisotopic (exact) mass is 610 g/mol. The summed E-state index contributed by atoms with van der Waals surface area (Å²) in [6, 6.07) is 21.7. The first-order valence-electron chi connectivity index (χ1n) is 14.1. The fourth-order valence-electron chi connectivity index (χ4n) is 4.44. The van der Waals surface area contributed by atoms with Crippen molar-refractivity contribution in [3.63, 3.8) is 0 Å². The predicted octanol–water partition coefficient (Wildman–Crippen LogP) is 4.41. The number of amides is 2. The second-order valence-corrected chi connectivity index (χ2v) is 10.1. The van der Waals surface area contributed by atoms with Gasteiger partial charge in [-0.15, -0.1) is 0 Å². The van der Waals surface area contributed by atoms with Crippen LogP contribution in [0.1, 0.15) is 22.3 Å². The molecule has 0 aliphatic heterocycles. The van der Waals surface area contributed by atoms with Crippen molar-refractivity contribution in [1.29, 1.82) is 0 Å². The van der Waals surface area contributed by atoms with E-state index in [-0.39, 0.29) is 53.0 Å². The maximum Gasteiger partial charge on any atom is 0.252 e. The quantitative estimate of drug-likeness (QED) is 0.0703. The predicted molar refractivity (Wildman–Crippen MR) is 170 cm³/mol. The molecule has 0 bridgehead atoms. The van der Waals surface area contributed by atoms with Crippen molar-refractivity contribution in [2.75, 3.05) is 20.2 Å². The molecule has 232 valence electrons. The summed E-state index contributed by atoms with van der Waals surface area (Å²) < 4.78 is 5.22. The Balaban J connectivity index is 1.70. The zero-order valence-corrected chi connectivity index (χ0v) is 24.5. The minimum absolute atomic E-state index is 0.0110. The molecule has 0 radical (unpaired) electrons. The Morgan fingerprint density at radius 2 is 1.04 bits per heavy atom. The Morgan fingerprint density at radius 1 is 0.600 bits per heavy atom. The maximum absolute atomic E-state index is 13.8. The normalized spacial score (nSPS) is 11.6. The Morgan fingerprint density at radius 3 is 1.49 bits per heavy atom. The molecule has 0 saturated heterocycles. The Kier molecular flexibility index (Phi) is 10.7. The Bertz CT molecular complexity index is 1710. The molecule has 0 fully saturated rings. The van der Waals surface area contributed by atoms with Gasteiger partial charge in [-0.1, -0.05) is 36.4 Å². The second kappa shape index (κ2) is 15.0. The molecule has 4 aromatic carbocycles. The largest absolute Gasteiger partial charge is 0.508 e. The van der Waals surface area contributed by atoms with Gasteiger partial charge < -0.3 is 40.9 Å². The maximum atomic E-state index is 13.8. The number of methoxy groups -OCH3 is 1. The number of hydrogen-bond donors (Lipinski definition) is 7. The van der Waals surface area contributed by atoms with Gasteiger partial charge in [0.1, 0.15) is 11.5 Å². The van der Waals surface area contributed by atoms with Crippen LogP contribution in [-0.4, -0.2) is 57.5 Å². The van der Waals surface area contributed by atoms with E-state index in [2.05, 4.69) is 10.6 Å². The highest BCUT2D eigenvalue weighted by molar-refractivity contribution is 6.16. The number of carbonyl (C=O) groups excluding carboxylic acids is 2. The van der Waals surface area contributed by atoms with Gasteiger partial charge in [0.25, 0.3) is 11.8 Å². The van der Waals surface area contributed by atoms with Crippen LogP contribution in [0.15, 0.2) is 96.1 Å². The summed E-state index contributed by atoms with van der Waals surface area (Å²) in [6.45, 7) is 0.431. The highest BCUT2D eigenvalue weighted by Crippen LogP contribution is 2.30. The molecule has 0 saturated carbocycles. The van der Waals surface area contributed by atoms with Gasteiger partial charge in [0.2, 0.25) is 0 Å². The number of hydrogen-bond acceptors (Lipinski definition) is 8. The highest BCUT2D eigenvalue weighted by atomic mass is 16.5. The number of carbonyl (C=O) groups is 2. The van der Waals surface area contributed by atoms with Crippen molar-refractivity contribution in [3.8, 4) is 34.5 Å². The smallest absolute Gasteiger partial charge is 0.252 e. The summed E-state index contributed by atoms with van der Waals surface area (Å²) in [5.41, 5.74) is 2.53. The topological polar surface area (TPSA) is 169 Å². The molecule has 7 N–H and O–H groups in total. The van der Waals surface area contributed by atoms with Gasteiger partial charge in [0, 0.05) is 13.1 Å². The minimum atomic E-state index is -0.577. The number of aromatic hydroxyl groups is 5. The first kappa shape index (κ1) is 32.0. The highest BCUT2D eigenvalue weighted by Gasteiger charge is 2.22. The number of benzene rings is 4. The van der Waals surface area contributed by atoms with E-state index in [0.29, 0.717) is 24.0 Å². The van der Waals surface area contributed by atoms with Crippen LogP contribution in [0.4, 0.5) is 0 Å². The Hall–Kier alpha value is -5.90. The molecular weight excluding hydrogens is 576 g/mol. The molecule has 0 aromatic heterocycles. The van der Waals surface area contributed by atoms with E-state index in [1.807, 2.05) is 0 Å². The van der Waals surface area contributed by atoms with Crippen molar-refractivity contribution in [1.82, 2.24) is 10.6 Å². The van der Waals surface area contributed by atoms with Crippen molar-refractivity contribution in [2.24, 2.45) is 0 Å². The molecule has 0 aliphatic carbocycles. The summed E-state index contributed by atoms with van der Waals surface area (Å²) in [4.78, 5) is 27.5. The number of nitrogens with one attached hydrogen (secondary N) is 2. The SMILES string of the molecule is COc1cc(/C=C(C(=O)NCCc2ccc(O)cc2)/C(=C/c2ccc(O)c(O)c2)C(=O)NCCc2ccc(O)cc2)ccc1O. The fraction of sp³-hybridized carbons (Fsp3) is 0.143. The van der Waals surface area contributed by atoms with Crippen molar-refractivity contribution >= 4 is 24.0 Å². The van der Waals surface area contributed by atoms with Crippen LogP contribution in [0.3, 0.4) is 0 Å². The van der Waals surface area contributed by atoms with Gasteiger partial charge in [-0.25, -0.2) is 0 Å². The second-order valence-electron chi connectivity index (χ2n) is 10.1. The number of rotatable bonds is 12. The van der Waals surface area contributed by atoms with E-state index in [1.165, 1.54) is 49.6 Å². The first-order chi connectivity index (χ1) is 21.6. The summed E-state index contributed by atoms with van der Waals surface area (Å²) >= 11 is 0. The molecule has 4 rings (SSSR count). The minimum Gasteiger partial charge on any atom is -0.508 e. The van der Waals surface area contributed by atoms with Crippen LogP contribution in [0.2, 0.25) is 0 Å². The average Bonchev–Trinajstić information content (AvgIpc) is 3.03. The number of ether oxygens (including phenoxy) is 1. The van der Waals surface area contributed by atoms with E-state index in [0.717, 1.165) is 11.1 Å². The Labute approximate surface area is 260 Å². The molecule has 10 heteroatoms. The van der Waals surface area contributed by atoms with Crippen LogP contribution in [0.5, 0.6) is 34.5 Å². The van der Waals surface area contributed by atoms with Gasteiger partial charge in [-0.05, 0) is 95.8 Å². The van der Waals surface area contributed by atoms with E-state index in [4.69, 9.17) is 4.74 Å². The van der Waals surface area contributed by atoms with Crippen LogP contribution in [0, 0.1) is 0 Å². The molecule has 10 nitrogen and oxygen atoms in total. The van der Waals surface area contributed by atoms with Crippen molar-refractivity contribution in [2.45, 2.75) is 12.8 Å². The summed E-state index contributed by atoms with van der Waals surface area (Å²) in [6.07, 6.45) is 3.82. The lowest BCUT2D eigenvalue weighted by Crippen LogP contribution is -2.33. The number of phenolic OH excluding ortho intramolecular Hbond substituents is 5. The molecule has 0 unspecified atom stereocenters. The third-order valence-electron chi connectivity index (χ3n) is 6.88. The molecule has 0 aliphatic rings. The van der Waals surface area contributed by atoms with Gasteiger partial charge in [-0.3, -0.25) is 9.59 Å². The van der Waals surface area contributed by atoms with Crippen LogP contribution < -0.4 is 15.4 Å². The van der Waals surface area contributed by atoms with Gasteiger partial charge in [-0.2, -0.15) is 0 Å². The summed E-state index contributed by atoms with van der Waals surface area (Å²) in [7, 11) is 1.39. The van der Waals surface area contributed by atoms with E-state index in [9.17, 15) is 35.1 Å². The first-order valence-corrected chi connectivity index (χ1v) is 14.1. The molecular formula is C35H34N2O8. The molecule has 2 amide bonds. The summed E-state index contributed by atoms with van der Waals surface area (Å²) in [5, 5.41) is 54.8. The van der Waals surface area contributed by atoms with Gasteiger partial charge in [0.15, 0.2) is 23.0 Å². The van der Waals surface area contributed by atoms with Crippen molar-refractivity contribution in [3.05, 3.63) is 118 Å². The van der Waals surface area contributed by atoms with E-state index in [1.54, 1.807) is 54.6 Å². The van der Waals surface area contributed by atoms with E-state index < -0.39 is 17.6 Å².